The lowest BCUT2D eigenvalue weighted by Crippen LogP contribution is -2.24. The minimum atomic E-state index is -0.598. The fourth-order valence-corrected chi connectivity index (χ4v) is 2.03. The molecule has 22 heavy (non-hydrogen) atoms. The van der Waals surface area contributed by atoms with Crippen molar-refractivity contribution >= 4 is 16.9 Å². The van der Waals surface area contributed by atoms with E-state index in [1.807, 2.05) is 30.3 Å². The topological polar surface area (TPSA) is 68.5 Å². The lowest BCUT2D eigenvalue weighted by atomic mass is 10.2. The Labute approximate surface area is 126 Å². The molecule has 5 nitrogen and oxygen atoms in total. The van der Waals surface area contributed by atoms with Crippen molar-refractivity contribution in [2.75, 3.05) is 0 Å². The van der Waals surface area contributed by atoms with Gasteiger partial charge in [-0.1, -0.05) is 42.5 Å². The molecule has 0 saturated carbocycles. The average Bonchev–Trinajstić information content (AvgIpc) is 2.56. The first-order chi connectivity index (χ1) is 10.7. The second kappa shape index (κ2) is 6.24. The van der Waals surface area contributed by atoms with E-state index in [2.05, 4.69) is 5.48 Å². The standard InChI is InChI=1S/C17H13NO4/c19-14-10-16(22-15-9-5-4-8-13(14)15)17(20)18-21-11-12-6-2-1-3-7-12/h1-10H,11H2,(H,18,20). The molecule has 0 spiro atoms. The Morgan fingerprint density at radius 1 is 1.05 bits per heavy atom. The van der Waals surface area contributed by atoms with Crippen LogP contribution in [0, 0.1) is 0 Å². The number of hydrogen-bond donors (Lipinski definition) is 1. The highest BCUT2D eigenvalue weighted by Crippen LogP contribution is 2.11. The Kier molecular flexibility index (Phi) is 3.98. The van der Waals surface area contributed by atoms with Gasteiger partial charge in [0.1, 0.15) is 5.58 Å². The smallest absolute Gasteiger partial charge is 0.310 e. The molecule has 0 unspecified atom stereocenters. The van der Waals surface area contributed by atoms with Crippen LogP contribution in [0.5, 0.6) is 0 Å². The highest BCUT2D eigenvalue weighted by molar-refractivity contribution is 5.92. The third kappa shape index (κ3) is 3.05. The van der Waals surface area contributed by atoms with Crippen molar-refractivity contribution in [3.05, 3.63) is 82.2 Å². The van der Waals surface area contributed by atoms with Gasteiger partial charge in [0.2, 0.25) is 0 Å². The predicted molar refractivity (Wildman–Crippen MR) is 81.2 cm³/mol. The minimum Gasteiger partial charge on any atom is -0.451 e. The summed E-state index contributed by atoms with van der Waals surface area (Å²) in [4.78, 5) is 29.0. The van der Waals surface area contributed by atoms with Crippen molar-refractivity contribution in [3.63, 3.8) is 0 Å². The van der Waals surface area contributed by atoms with Crippen molar-refractivity contribution in [1.29, 1.82) is 0 Å². The molecule has 0 bridgehead atoms. The number of carbonyl (C=O) groups excluding carboxylic acids is 1. The first-order valence-corrected chi connectivity index (χ1v) is 6.73. The summed E-state index contributed by atoms with van der Waals surface area (Å²) in [5, 5.41) is 0.434. The number of nitrogens with one attached hydrogen (secondary N) is 1. The van der Waals surface area contributed by atoms with E-state index in [-0.39, 0.29) is 17.8 Å². The van der Waals surface area contributed by atoms with Gasteiger partial charge in [-0.2, -0.15) is 0 Å². The second-order valence-electron chi connectivity index (χ2n) is 4.68. The molecule has 1 N–H and O–H groups in total. The van der Waals surface area contributed by atoms with Gasteiger partial charge in [-0.3, -0.25) is 14.4 Å². The Morgan fingerprint density at radius 2 is 1.77 bits per heavy atom. The van der Waals surface area contributed by atoms with Gasteiger partial charge in [0, 0.05) is 6.07 Å². The Hall–Kier alpha value is -2.92. The molecule has 5 heteroatoms. The third-order valence-corrected chi connectivity index (χ3v) is 3.10. The molecule has 0 atom stereocenters. The zero-order valence-corrected chi connectivity index (χ0v) is 11.6. The van der Waals surface area contributed by atoms with Crippen molar-refractivity contribution in [2.45, 2.75) is 6.61 Å². The summed E-state index contributed by atoms with van der Waals surface area (Å²) in [6, 6.07) is 17.3. The van der Waals surface area contributed by atoms with Crippen LogP contribution in [0.25, 0.3) is 11.0 Å². The Bertz CT molecular complexity index is 855. The maximum Gasteiger partial charge on any atom is 0.310 e. The maximum absolute atomic E-state index is 12.0. The van der Waals surface area contributed by atoms with Crippen LogP contribution in [0.1, 0.15) is 16.1 Å². The molecule has 110 valence electrons. The largest absolute Gasteiger partial charge is 0.451 e. The van der Waals surface area contributed by atoms with Gasteiger partial charge in [-0.25, -0.2) is 5.48 Å². The molecular formula is C17H13NO4. The van der Waals surface area contributed by atoms with Gasteiger partial charge in [-0.15, -0.1) is 0 Å². The summed E-state index contributed by atoms with van der Waals surface area (Å²) in [6.07, 6.45) is 0. The van der Waals surface area contributed by atoms with E-state index in [1.165, 1.54) is 0 Å². The number of fused-ring (bicyclic) bond motifs is 1. The van der Waals surface area contributed by atoms with E-state index in [0.29, 0.717) is 11.0 Å². The molecule has 1 heterocycles. The molecule has 0 radical (unpaired) electrons. The predicted octanol–water partition coefficient (Wildman–Crippen LogP) is 2.65. The van der Waals surface area contributed by atoms with Crippen LogP contribution in [0.2, 0.25) is 0 Å². The van der Waals surface area contributed by atoms with Gasteiger partial charge in [0.25, 0.3) is 0 Å². The van der Waals surface area contributed by atoms with E-state index >= 15 is 0 Å². The number of benzene rings is 2. The van der Waals surface area contributed by atoms with Crippen molar-refractivity contribution in [2.24, 2.45) is 0 Å². The molecule has 0 aliphatic rings. The van der Waals surface area contributed by atoms with Crippen LogP contribution in [-0.2, 0) is 11.4 Å². The molecular weight excluding hydrogens is 282 g/mol. The van der Waals surface area contributed by atoms with E-state index in [0.717, 1.165) is 11.6 Å². The monoisotopic (exact) mass is 295 g/mol. The minimum absolute atomic E-state index is 0.0863. The normalized spacial score (nSPS) is 10.5. The van der Waals surface area contributed by atoms with Crippen LogP contribution < -0.4 is 10.9 Å². The molecule has 0 fully saturated rings. The van der Waals surface area contributed by atoms with Gasteiger partial charge in [0.05, 0.1) is 12.0 Å². The fourth-order valence-electron chi connectivity index (χ4n) is 2.03. The van der Waals surface area contributed by atoms with Crippen LogP contribution >= 0.6 is 0 Å². The molecule has 1 aromatic heterocycles. The van der Waals surface area contributed by atoms with Gasteiger partial charge in [-0.05, 0) is 17.7 Å². The lowest BCUT2D eigenvalue weighted by Gasteiger charge is -2.06. The molecule has 3 rings (SSSR count). The fraction of sp³-hybridized carbons (Fsp3) is 0.0588. The second-order valence-corrected chi connectivity index (χ2v) is 4.68. The van der Waals surface area contributed by atoms with Crippen LogP contribution in [0.3, 0.4) is 0 Å². The van der Waals surface area contributed by atoms with Crippen LogP contribution in [0.4, 0.5) is 0 Å². The number of amides is 1. The van der Waals surface area contributed by atoms with E-state index in [4.69, 9.17) is 9.25 Å². The lowest BCUT2D eigenvalue weighted by molar-refractivity contribution is 0.0212. The zero-order chi connectivity index (χ0) is 15.4. The van der Waals surface area contributed by atoms with E-state index in [9.17, 15) is 9.59 Å². The highest BCUT2D eigenvalue weighted by Gasteiger charge is 2.12. The average molecular weight is 295 g/mol. The Balaban J connectivity index is 1.71. The molecule has 0 aliphatic heterocycles. The quantitative estimate of drug-likeness (QED) is 0.751. The third-order valence-electron chi connectivity index (χ3n) is 3.10. The van der Waals surface area contributed by atoms with Crippen molar-refractivity contribution in [3.8, 4) is 0 Å². The molecule has 1 amide bonds. The highest BCUT2D eigenvalue weighted by atomic mass is 16.7. The summed E-state index contributed by atoms with van der Waals surface area (Å²) < 4.78 is 5.42. The van der Waals surface area contributed by atoms with Crippen LogP contribution in [-0.4, -0.2) is 5.91 Å². The van der Waals surface area contributed by atoms with E-state index < -0.39 is 5.91 Å². The Morgan fingerprint density at radius 3 is 2.59 bits per heavy atom. The number of carbonyl (C=O) groups is 1. The number of para-hydroxylation sites is 1. The summed E-state index contributed by atoms with van der Waals surface area (Å²) in [5.41, 5.74) is 3.28. The van der Waals surface area contributed by atoms with Gasteiger partial charge < -0.3 is 4.42 Å². The van der Waals surface area contributed by atoms with Crippen molar-refractivity contribution < 1.29 is 14.0 Å². The SMILES string of the molecule is O=C(NOCc1ccccc1)c1cc(=O)c2ccccc2o1. The molecule has 2 aromatic carbocycles. The number of hydrogen-bond acceptors (Lipinski definition) is 4. The molecule has 0 aliphatic carbocycles. The first kappa shape index (κ1) is 14.0. The summed E-state index contributed by atoms with van der Waals surface area (Å²) in [7, 11) is 0. The number of rotatable bonds is 4. The summed E-state index contributed by atoms with van der Waals surface area (Å²) in [6.45, 7) is 0.227. The molecule has 3 aromatic rings. The van der Waals surface area contributed by atoms with Gasteiger partial charge in [0.15, 0.2) is 11.2 Å². The van der Waals surface area contributed by atoms with Crippen molar-refractivity contribution in [1.82, 2.24) is 5.48 Å². The molecule has 0 saturated heterocycles. The van der Waals surface area contributed by atoms with E-state index in [1.54, 1.807) is 24.3 Å². The van der Waals surface area contributed by atoms with Crippen LogP contribution in [0.15, 0.2) is 69.9 Å². The summed E-state index contributed by atoms with van der Waals surface area (Å²) >= 11 is 0. The first-order valence-electron chi connectivity index (χ1n) is 6.73. The number of hydroxylamine groups is 1. The zero-order valence-electron chi connectivity index (χ0n) is 11.6. The summed E-state index contributed by atoms with van der Waals surface area (Å²) in [5.74, 6) is -0.685. The maximum atomic E-state index is 12.0. The van der Waals surface area contributed by atoms with Gasteiger partial charge >= 0.3 is 5.91 Å².